The van der Waals surface area contributed by atoms with Gasteiger partial charge in [-0.1, -0.05) is 23.9 Å². The fraction of sp³-hybridized carbons (Fsp3) is 0.308. The Hall–Kier alpha value is -3.12. The number of hydrogen-bond acceptors (Lipinski definition) is 9. The van der Waals surface area contributed by atoms with Crippen molar-refractivity contribution >= 4 is 32.8 Å². The van der Waals surface area contributed by atoms with Crippen LogP contribution in [0.2, 0.25) is 0 Å². The fourth-order valence-electron chi connectivity index (χ4n) is 4.43. The maximum Gasteiger partial charge on any atom is 0.245 e. The van der Waals surface area contributed by atoms with Crippen LogP contribution in [0.4, 0.5) is 0 Å². The lowest BCUT2D eigenvalue weighted by atomic mass is 9.85. The average molecular weight is 542 g/mol. The second kappa shape index (κ2) is 10.3. The van der Waals surface area contributed by atoms with E-state index < -0.39 is 15.6 Å². The molecular formula is C26H27N3O6S2. The molecule has 0 radical (unpaired) electrons. The SMILES string of the molecule is CCOc1ccc(Sc2ccc(S(=O)(=O)N3CCC(O)(c4ccc(OC)cc4)CC3)c3nonc23)cc1. The van der Waals surface area contributed by atoms with Gasteiger partial charge in [0.25, 0.3) is 0 Å². The molecule has 3 aromatic carbocycles. The molecule has 0 aliphatic carbocycles. The van der Waals surface area contributed by atoms with Crippen molar-refractivity contribution in [2.24, 2.45) is 0 Å². The van der Waals surface area contributed by atoms with E-state index in [1.165, 1.54) is 16.1 Å². The minimum atomic E-state index is -3.89. The van der Waals surface area contributed by atoms with Crippen molar-refractivity contribution in [2.45, 2.75) is 40.1 Å². The van der Waals surface area contributed by atoms with Gasteiger partial charge in [0.15, 0.2) is 11.0 Å². The number of sulfonamides is 1. The van der Waals surface area contributed by atoms with Crippen molar-refractivity contribution in [3.8, 4) is 11.5 Å². The Bertz CT molecular complexity index is 1480. The summed E-state index contributed by atoms with van der Waals surface area (Å²) in [6, 6.07) is 18.1. The lowest BCUT2D eigenvalue weighted by molar-refractivity contribution is -0.00963. The topological polar surface area (TPSA) is 115 Å². The van der Waals surface area contributed by atoms with E-state index in [0.717, 1.165) is 21.1 Å². The lowest BCUT2D eigenvalue weighted by Crippen LogP contribution is -2.45. The number of rotatable bonds is 8. The molecule has 1 aliphatic heterocycles. The number of fused-ring (bicyclic) bond motifs is 1. The number of piperidine rings is 1. The predicted octanol–water partition coefficient (Wildman–Crippen LogP) is 4.45. The van der Waals surface area contributed by atoms with E-state index in [1.807, 2.05) is 43.3 Å². The molecular weight excluding hydrogens is 514 g/mol. The highest BCUT2D eigenvalue weighted by Gasteiger charge is 2.39. The Morgan fingerprint density at radius 1 is 0.973 bits per heavy atom. The van der Waals surface area contributed by atoms with E-state index in [1.54, 1.807) is 31.4 Å². The van der Waals surface area contributed by atoms with Gasteiger partial charge in [-0.15, -0.1) is 0 Å². The summed E-state index contributed by atoms with van der Waals surface area (Å²) in [6.07, 6.45) is 0.537. The first-order chi connectivity index (χ1) is 17.8. The number of ether oxygens (including phenoxy) is 2. The number of methoxy groups -OCH3 is 1. The maximum atomic E-state index is 13.6. The van der Waals surface area contributed by atoms with Gasteiger partial charge in [0.1, 0.15) is 16.4 Å². The van der Waals surface area contributed by atoms with E-state index in [2.05, 4.69) is 10.3 Å². The molecule has 1 fully saturated rings. The molecule has 1 N–H and O–H groups in total. The van der Waals surface area contributed by atoms with Gasteiger partial charge in [0.05, 0.1) is 19.3 Å². The van der Waals surface area contributed by atoms with Crippen LogP contribution in [0.3, 0.4) is 0 Å². The minimum Gasteiger partial charge on any atom is -0.497 e. The lowest BCUT2D eigenvalue weighted by Gasteiger charge is -2.37. The van der Waals surface area contributed by atoms with Crippen molar-refractivity contribution in [3.05, 3.63) is 66.2 Å². The Morgan fingerprint density at radius 2 is 1.62 bits per heavy atom. The van der Waals surface area contributed by atoms with Crippen LogP contribution in [-0.4, -0.2) is 54.9 Å². The minimum absolute atomic E-state index is 0.0367. The Morgan fingerprint density at radius 3 is 2.27 bits per heavy atom. The van der Waals surface area contributed by atoms with Gasteiger partial charge in [-0.25, -0.2) is 13.0 Å². The summed E-state index contributed by atoms with van der Waals surface area (Å²) in [6.45, 7) is 2.85. The number of hydrogen-bond donors (Lipinski definition) is 1. The van der Waals surface area contributed by atoms with Crippen LogP contribution in [0.15, 0.2) is 80.0 Å². The van der Waals surface area contributed by atoms with E-state index in [-0.39, 0.29) is 36.3 Å². The van der Waals surface area contributed by atoms with E-state index in [4.69, 9.17) is 14.1 Å². The molecule has 0 unspecified atom stereocenters. The van der Waals surface area contributed by atoms with Crippen molar-refractivity contribution in [1.82, 2.24) is 14.6 Å². The van der Waals surface area contributed by atoms with Gasteiger partial charge < -0.3 is 14.6 Å². The first kappa shape index (κ1) is 25.5. The van der Waals surface area contributed by atoms with Crippen molar-refractivity contribution < 1.29 is 27.6 Å². The predicted molar refractivity (Wildman–Crippen MR) is 138 cm³/mol. The van der Waals surface area contributed by atoms with Gasteiger partial charge >= 0.3 is 0 Å². The third kappa shape index (κ3) is 5.04. The number of benzene rings is 3. The molecule has 0 spiro atoms. The number of aromatic nitrogens is 2. The van der Waals surface area contributed by atoms with Crippen LogP contribution in [0.5, 0.6) is 11.5 Å². The van der Waals surface area contributed by atoms with Crippen LogP contribution >= 0.6 is 11.8 Å². The van der Waals surface area contributed by atoms with Crippen molar-refractivity contribution in [2.75, 3.05) is 26.8 Å². The summed E-state index contributed by atoms with van der Waals surface area (Å²) in [4.78, 5) is 1.71. The van der Waals surface area contributed by atoms with Crippen molar-refractivity contribution in [3.63, 3.8) is 0 Å². The Balaban J connectivity index is 1.35. The molecule has 1 saturated heterocycles. The highest BCUT2D eigenvalue weighted by Crippen LogP contribution is 2.38. The molecule has 194 valence electrons. The van der Waals surface area contributed by atoms with E-state index in [9.17, 15) is 13.5 Å². The summed E-state index contributed by atoms with van der Waals surface area (Å²) >= 11 is 1.43. The third-order valence-corrected chi connectivity index (χ3v) is 9.49. The van der Waals surface area contributed by atoms with Gasteiger partial charge in [-0.3, -0.25) is 0 Å². The van der Waals surface area contributed by atoms with Crippen LogP contribution < -0.4 is 9.47 Å². The monoisotopic (exact) mass is 541 g/mol. The van der Waals surface area contributed by atoms with E-state index >= 15 is 0 Å². The van der Waals surface area contributed by atoms with Crippen LogP contribution in [0.1, 0.15) is 25.3 Å². The standard InChI is InChI=1S/C26H27N3O6S2/c1-3-34-20-8-10-21(11-9-20)36-22-12-13-23(25-24(22)27-35-28-25)37(31,32)29-16-14-26(30,15-17-29)18-4-6-19(33-2)7-5-18/h4-13,30H,3,14-17H2,1-2H3. The summed E-state index contributed by atoms with van der Waals surface area (Å²) in [7, 11) is -2.31. The van der Waals surface area contributed by atoms with Crippen LogP contribution in [-0.2, 0) is 15.6 Å². The zero-order valence-corrected chi connectivity index (χ0v) is 22.1. The van der Waals surface area contributed by atoms with Gasteiger partial charge in [0.2, 0.25) is 10.0 Å². The highest BCUT2D eigenvalue weighted by atomic mass is 32.2. The molecule has 37 heavy (non-hydrogen) atoms. The first-order valence-electron chi connectivity index (χ1n) is 11.9. The largest absolute Gasteiger partial charge is 0.497 e. The molecule has 0 amide bonds. The smallest absolute Gasteiger partial charge is 0.245 e. The summed E-state index contributed by atoms with van der Waals surface area (Å²) in [5, 5.41) is 19.1. The third-order valence-electron chi connectivity index (χ3n) is 6.50. The van der Waals surface area contributed by atoms with Crippen LogP contribution in [0.25, 0.3) is 11.0 Å². The molecule has 0 bridgehead atoms. The quantitative estimate of drug-likeness (QED) is 0.345. The molecule has 11 heteroatoms. The average Bonchev–Trinajstić information content (AvgIpc) is 3.41. The first-order valence-corrected chi connectivity index (χ1v) is 14.1. The molecule has 9 nitrogen and oxygen atoms in total. The van der Waals surface area contributed by atoms with Crippen LogP contribution in [0, 0.1) is 0 Å². The summed E-state index contributed by atoms with van der Waals surface area (Å²) in [5.74, 6) is 1.48. The summed E-state index contributed by atoms with van der Waals surface area (Å²) in [5.41, 5.74) is 0.198. The molecule has 1 aromatic heterocycles. The van der Waals surface area contributed by atoms with Gasteiger partial charge in [0, 0.05) is 22.9 Å². The summed E-state index contributed by atoms with van der Waals surface area (Å²) < 4.78 is 44.2. The van der Waals surface area contributed by atoms with Gasteiger partial charge in [-0.2, -0.15) is 4.31 Å². The number of nitrogens with zero attached hydrogens (tertiary/aromatic N) is 3. The van der Waals surface area contributed by atoms with Gasteiger partial charge in [-0.05, 0) is 84.2 Å². The zero-order valence-electron chi connectivity index (χ0n) is 20.5. The Labute approximate surface area is 219 Å². The highest BCUT2D eigenvalue weighted by molar-refractivity contribution is 7.99. The normalized spacial score (nSPS) is 16.1. The van der Waals surface area contributed by atoms with E-state index in [0.29, 0.717) is 17.9 Å². The molecule has 4 aromatic rings. The maximum absolute atomic E-state index is 13.6. The number of aliphatic hydroxyl groups is 1. The molecule has 0 saturated carbocycles. The second-order valence-corrected chi connectivity index (χ2v) is 11.7. The second-order valence-electron chi connectivity index (χ2n) is 8.69. The fourth-order valence-corrected chi connectivity index (χ4v) is 6.89. The van der Waals surface area contributed by atoms with Crippen molar-refractivity contribution in [1.29, 1.82) is 0 Å². The molecule has 2 heterocycles. The zero-order chi connectivity index (χ0) is 26.0. The molecule has 5 rings (SSSR count). The molecule has 0 atom stereocenters. The molecule has 1 aliphatic rings. The Kier molecular flexibility index (Phi) is 7.13.